The fourth-order valence-corrected chi connectivity index (χ4v) is 3.36. The number of aliphatic hydroxyl groups is 1. The number of nitrogen functional groups attached to an aromatic ring is 1. The molecule has 2 aromatic rings. The molecule has 1 heterocycles. The molecular weight excluding hydrogens is 397 g/mol. The highest BCUT2D eigenvalue weighted by molar-refractivity contribution is 5.85. The predicted molar refractivity (Wildman–Crippen MR) is 121 cm³/mol. The van der Waals surface area contributed by atoms with Crippen LogP contribution in [-0.4, -0.2) is 55.4 Å². The van der Waals surface area contributed by atoms with Gasteiger partial charge in [0.25, 0.3) is 0 Å². The van der Waals surface area contributed by atoms with Crippen LogP contribution in [0, 0.1) is 13.8 Å². The van der Waals surface area contributed by atoms with Crippen molar-refractivity contribution in [2.75, 3.05) is 50.0 Å². The number of hydrogen-bond acceptors (Lipinski definition) is 5. The number of nitrogens with two attached hydrogens (primary N) is 1. The molecule has 0 aliphatic carbocycles. The van der Waals surface area contributed by atoms with Gasteiger partial charge < -0.3 is 20.5 Å². The zero-order chi connectivity index (χ0) is 18.5. The molecule has 3 N–H and O–H groups in total. The van der Waals surface area contributed by atoms with Crippen LogP contribution in [0.15, 0.2) is 42.5 Å². The smallest absolute Gasteiger partial charge is 0.119 e. The first-order valence-electron chi connectivity index (χ1n) is 9.23. The Bertz CT molecular complexity index is 720. The Kier molecular flexibility index (Phi) is 9.90. The maximum atomic E-state index is 10.3. The molecule has 1 saturated heterocycles. The van der Waals surface area contributed by atoms with E-state index in [-0.39, 0.29) is 24.8 Å². The van der Waals surface area contributed by atoms with E-state index >= 15 is 0 Å². The molecule has 3 rings (SSSR count). The number of aryl methyl sites for hydroxylation is 1. The summed E-state index contributed by atoms with van der Waals surface area (Å²) >= 11 is 0. The molecule has 1 unspecified atom stereocenters. The fourth-order valence-electron chi connectivity index (χ4n) is 3.36. The van der Waals surface area contributed by atoms with Gasteiger partial charge in [0.1, 0.15) is 18.5 Å². The maximum absolute atomic E-state index is 10.3. The molecule has 0 spiro atoms. The lowest BCUT2D eigenvalue weighted by atomic mass is 10.1. The second-order valence-corrected chi connectivity index (χ2v) is 7.04. The third-order valence-electron chi connectivity index (χ3n) is 5.08. The molecule has 156 valence electrons. The minimum absolute atomic E-state index is 0. The number of aliphatic hydroxyl groups excluding tert-OH is 1. The Morgan fingerprint density at radius 1 is 1.00 bits per heavy atom. The van der Waals surface area contributed by atoms with Crippen LogP contribution in [-0.2, 0) is 0 Å². The molecule has 0 radical (unpaired) electrons. The van der Waals surface area contributed by atoms with E-state index in [4.69, 9.17) is 10.5 Å². The summed E-state index contributed by atoms with van der Waals surface area (Å²) in [5, 5.41) is 10.3. The SMILES string of the molecule is Cc1cccc(N2CCN(CC(O)COc3ccc(N)cc3)CC2)c1C.Cl.Cl. The first-order valence-corrected chi connectivity index (χ1v) is 9.23. The predicted octanol–water partition coefficient (Wildman–Crippen LogP) is 3.29. The Hall–Kier alpha value is -1.66. The minimum Gasteiger partial charge on any atom is -0.491 e. The van der Waals surface area contributed by atoms with E-state index in [1.54, 1.807) is 12.1 Å². The highest BCUT2D eigenvalue weighted by atomic mass is 35.5. The number of benzene rings is 2. The normalized spacial score (nSPS) is 15.3. The number of nitrogens with zero attached hydrogens (tertiary/aromatic N) is 2. The minimum atomic E-state index is -0.500. The fraction of sp³-hybridized carbons (Fsp3) is 0.429. The second-order valence-electron chi connectivity index (χ2n) is 7.04. The number of β-amino-alcohol motifs (C(OH)–C–C–N with tert-alkyl or cyclic N) is 1. The Labute approximate surface area is 180 Å². The lowest BCUT2D eigenvalue weighted by Gasteiger charge is -2.37. The molecule has 2 aromatic carbocycles. The van der Waals surface area contributed by atoms with Crippen LogP contribution < -0.4 is 15.4 Å². The van der Waals surface area contributed by atoms with Crippen molar-refractivity contribution < 1.29 is 9.84 Å². The van der Waals surface area contributed by atoms with E-state index in [2.05, 4.69) is 41.8 Å². The van der Waals surface area contributed by atoms with Crippen molar-refractivity contribution in [3.05, 3.63) is 53.6 Å². The number of rotatable bonds is 6. The standard InChI is InChI=1S/C21H29N3O2.2ClH/c1-16-4-3-5-21(17(16)2)24-12-10-23(11-13-24)14-19(25)15-26-20-8-6-18(22)7-9-20;;/h3-9,19,25H,10-15,22H2,1-2H3;2*1H. The number of ether oxygens (including phenoxy) is 1. The summed E-state index contributed by atoms with van der Waals surface area (Å²) in [6, 6.07) is 13.7. The number of piperazine rings is 1. The van der Waals surface area contributed by atoms with Crippen molar-refractivity contribution in [1.82, 2.24) is 4.90 Å². The zero-order valence-electron chi connectivity index (χ0n) is 16.5. The van der Waals surface area contributed by atoms with Gasteiger partial charge in [0.15, 0.2) is 0 Å². The highest BCUT2D eigenvalue weighted by Gasteiger charge is 2.20. The van der Waals surface area contributed by atoms with Crippen molar-refractivity contribution in [3.8, 4) is 5.75 Å². The van der Waals surface area contributed by atoms with Crippen LogP contribution in [0.25, 0.3) is 0 Å². The van der Waals surface area contributed by atoms with Gasteiger partial charge in [-0.3, -0.25) is 4.90 Å². The summed E-state index contributed by atoms with van der Waals surface area (Å²) in [6.07, 6.45) is -0.500. The molecular formula is C21H31Cl2N3O2. The van der Waals surface area contributed by atoms with Crippen LogP contribution in [0.2, 0.25) is 0 Å². The van der Waals surface area contributed by atoms with E-state index in [1.807, 2.05) is 12.1 Å². The number of halogens is 2. The lowest BCUT2D eigenvalue weighted by molar-refractivity contribution is 0.0663. The number of anilines is 2. The highest BCUT2D eigenvalue weighted by Crippen LogP contribution is 2.24. The molecule has 1 fully saturated rings. The molecule has 1 aliphatic heterocycles. The van der Waals surface area contributed by atoms with Crippen molar-refractivity contribution in [1.29, 1.82) is 0 Å². The Balaban J connectivity index is 0.00000196. The van der Waals surface area contributed by atoms with Crippen molar-refractivity contribution in [2.45, 2.75) is 20.0 Å². The monoisotopic (exact) mass is 427 g/mol. The lowest BCUT2D eigenvalue weighted by Crippen LogP contribution is -2.49. The Morgan fingerprint density at radius 3 is 2.29 bits per heavy atom. The van der Waals surface area contributed by atoms with Crippen LogP contribution in [0.4, 0.5) is 11.4 Å². The topological polar surface area (TPSA) is 62.0 Å². The molecule has 5 nitrogen and oxygen atoms in total. The summed E-state index contributed by atoms with van der Waals surface area (Å²) in [6.45, 7) is 9.14. The average Bonchev–Trinajstić information content (AvgIpc) is 2.64. The largest absolute Gasteiger partial charge is 0.491 e. The molecule has 7 heteroatoms. The van der Waals surface area contributed by atoms with Gasteiger partial charge in [-0.05, 0) is 55.3 Å². The number of hydrogen-bond donors (Lipinski definition) is 2. The van der Waals surface area contributed by atoms with Crippen LogP contribution in [0.3, 0.4) is 0 Å². The summed E-state index contributed by atoms with van der Waals surface area (Å²) in [4.78, 5) is 4.74. The van der Waals surface area contributed by atoms with E-state index in [1.165, 1.54) is 16.8 Å². The second kappa shape index (κ2) is 11.4. The maximum Gasteiger partial charge on any atom is 0.119 e. The van der Waals surface area contributed by atoms with Crippen LogP contribution in [0.5, 0.6) is 5.75 Å². The summed E-state index contributed by atoms with van der Waals surface area (Å²) in [7, 11) is 0. The van der Waals surface area contributed by atoms with Crippen LogP contribution in [0.1, 0.15) is 11.1 Å². The molecule has 0 aromatic heterocycles. The molecule has 28 heavy (non-hydrogen) atoms. The van der Waals surface area contributed by atoms with Gasteiger partial charge in [-0.25, -0.2) is 0 Å². The Morgan fingerprint density at radius 2 is 1.64 bits per heavy atom. The van der Waals surface area contributed by atoms with Gasteiger partial charge in [-0.2, -0.15) is 0 Å². The summed E-state index contributed by atoms with van der Waals surface area (Å²) in [5.41, 5.74) is 10.4. The van der Waals surface area contributed by atoms with E-state index in [0.29, 0.717) is 18.8 Å². The third-order valence-corrected chi connectivity index (χ3v) is 5.08. The van der Waals surface area contributed by atoms with E-state index in [9.17, 15) is 5.11 Å². The van der Waals surface area contributed by atoms with Gasteiger partial charge >= 0.3 is 0 Å². The van der Waals surface area contributed by atoms with Gasteiger partial charge in [-0.1, -0.05) is 12.1 Å². The third kappa shape index (κ3) is 6.45. The van der Waals surface area contributed by atoms with Crippen molar-refractivity contribution in [3.63, 3.8) is 0 Å². The zero-order valence-corrected chi connectivity index (χ0v) is 18.1. The van der Waals surface area contributed by atoms with Gasteiger partial charge in [0.2, 0.25) is 0 Å². The van der Waals surface area contributed by atoms with Crippen molar-refractivity contribution >= 4 is 36.2 Å². The van der Waals surface area contributed by atoms with E-state index < -0.39 is 6.10 Å². The first-order chi connectivity index (χ1) is 12.5. The molecule has 0 amide bonds. The van der Waals surface area contributed by atoms with Gasteiger partial charge in [-0.15, -0.1) is 24.8 Å². The summed E-state index contributed by atoms with van der Waals surface area (Å²) < 4.78 is 5.64. The average molecular weight is 428 g/mol. The molecule has 0 bridgehead atoms. The molecule has 0 saturated carbocycles. The quantitative estimate of drug-likeness (QED) is 0.692. The van der Waals surface area contributed by atoms with Crippen molar-refractivity contribution in [2.24, 2.45) is 0 Å². The first kappa shape index (κ1) is 24.4. The molecule has 1 atom stereocenters. The van der Waals surface area contributed by atoms with E-state index in [0.717, 1.165) is 31.9 Å². The summed E-state index contributed by atoms with van der Waals surface area (Å²) in [5.74, 6) is 0.734. The van der Waals surface area contributed by atoms with Gasteiger partial charge in [0, 0.05) is 44.1 Å². The molecule has 1 aliphatic rings. The van der Waals surface area contributed by atoms with Crippen LogP contribution >= 0.6 is 24.8 Å². The van der Waals surface area contributed by atoms with Gasteiger partial charge in [0.05, 0.1) is 0 Å².